The molecule has 1 aromatic carbocycles. The molecule has 2 nitrogen and oxygen atoms in total. The summed E-state index contributed by atoms with van der Waals surface area (Å²) in [5.74, 6) is 0.510. The molecule has 1 aliphatic carbocycles. The van der Waals surface area contributed by atoms with E-state index in [2.05, 4.69) is 6.92 Å². The standard InChI is InChI=1S/C14H16O2/c1-2-10-8-9-12(15)13(10)14(16)11-6-4-3-5-7-11/h3-7,10,16H,2,8-9H2,1H3/t10-/m0/s1. The highest BCUT2D eigenvalue weighted by Crippen LogP contribution is 2.35. The van der Waals surface area contributed by atoms with E-state index >= 15 is 0 Å². The number of rotatable bonds is 2. The van der Waals surface area contributed by atoms with Gasteiger partial charge in [0.25, 0.3) is 0 Å². The molecule has 16 heavy (non-hydrogen) atoms. The summed E-state index contributed by atoms with van der Waals surface area (Å²) in [6, 6.07) is 9.30. The Morgan fingerprint density at radius 1 is 1.38 bits per heavy atom. The smallest absolute Gasteiger partial charge is 0.162 e. The predicted molar refractivity (Wildman–Crippen MR) is 64.0 cm³/mol. The van der Waals surface area contributed by atoms with Crippen LogP contribution >= 0.6 is 0 Å². The summed E-state index contributed by atoms with van der Waals surface area (Å²) in [5.41, 5.74) is 1.37. The molecular weight excluding hydrogens is 200 g/mol. The number of aliphatic hydroxyl groups is 1. The maximum atomic E-state index is 11.7. The van der Waals surface area contributed by atoms with Crippen molar-refractivity contribution in [2.45, 2.75) is 26.2 Å². The van der Waals surface area contributed by atoms with Gasteiger partial charge in [-0.15, -0.1) is 0 Å². The van der Waals surface area contributed by atoms with Crippen LogP contribution in [0, 0.1) is 5.92 Å². The molecule has 84 valence electrons. The third-order valence-corrected chi connectivity index (χ3v) is 3.22. The van der Waals surface area contributed by atoms with Crippen molar-refractivity contribution in [1.82, 2.24) is 0 Å². The predicted octanol–water partition coefficient (Wildman–Crippen LogP) is 3.34. The summed E-state index contributed by atoms with van der Waals surface area (Å²) >= 11 is 0. The van der Waals surface area contributed by atoms with E-state index < -0.39 is 0 Å². The first kappa shape index (κ1) is 10.9. The fourth-order valence-electron chi connectivity index (χ4n) is 2.30. The molecule has 0 heterocycles. The van der Waals surface area contributed by atoms with Gasteiger partial charge >= 0.3 is 0 Å². The highest BCUT2D eigenvalue weighted by molar-refractivity contribution is 6.03. The van der Waals surface area contributed by atoms with Gasteiger partial charge in [-0.2, -0.15) is 0 Å². The number of carbonyl (C=O) groups excluding carboxylic acids is 1. The molecule has 1 aromatic rings. The summed E-state index contributed by atoms with van der Waals surface area (Å²) < 4.78 is 0. The first-order chi connectivity index (χ1) is 7.74. The topological polar surface area (TPSA) is 37.3 Å². The lowest BCUT2D eigenvalue weighted by molar-refractivity contribution is -0.114. The van der Waals surface area contributed by atoms with Crippen molar-refractivity contribution in [1.29, 1.82) is 0 Å². The largest absolute Gasteiger partial charge is 0.507 e. The zero-order valence-corrected chi connectivity index (χ0v) is 9.44. The third kappa shape index (κ3) is 1.87. The summed E-state index contributed by atoms with van der Waals surface area (Å²) in [5, 5.41) is 10.2. The van der Waals surface area contributed by atoms with E-state index in [1.165, 1.54) is 0 Å². The second-order valence-electron chi connectivity index (χ2n) is 4.20. The molecule has 0 aromatic heterocycles. The fraction of sp³-hybridized carbons (Fsp3) is 0.357. The van der Waals surface area contributed by atoms with Crippen molar-refractivity contribution in [3.63, 3.8) is 0 Å². The molecule has 0 bridgehead atoms. The van der Waals surface area contributed by atoms with Gasteiger partial charge in [0.2, 0.25) is 0 Å². The maximum Gasteiger partial charge on any atom is 0.162 e. The molecule has 2 rings (SSSR count). The van der Waals surface area contributed by atoms with Crippen LogP contribution in [0.5, 0.6) is 0 Å². The molecule has 0 radical (unpaired) electrons. The third-order valence-electron chi connectivity index (χ3n) is 3.22. The van der Waals surface area contributed by atoms with Gasteiger partial charge in [-0.05, 0) is 18.8 Å². The Morgan fingerprint density at radius 2 is 2.06 bits per heavy atom. The van der Waals surface area contributed by atoms with E-state index in [1.807, 2.05) is 30.3 Å². The maximum absolute atomic E-state index is 11.7. The Bertz CT molecular complexity index is 418. The highest BCUT2D eigenvalue weighted by Gasteiger charge is 2.30. The molecule has 1 saturated carbocycles. The zero-order chi connectivity index (χ0) is 11.5. The van der Waals surface area contributed by atoms with Crippen molar-refractivity contribution in [3.8, 4) is 0 Å². The van der Waals surface area contributed by atoms with Crippen LogP contribution in [0.15, 0.2) is 35.9 Å². The number of benzene rings is 1. The number of carbonyl (C=O) groups is 1. The van der Waals surface area contributed by atoms with Gasteiger partial charge < -0.3 is 5.11 Å². The van der Waals surface area contributed by atoms with E-state index in [0.29, 0.717) is 12.0 Å². The lowest BCUT2D eigenvalue weighted by atomic mass is 9.96. The summed E-state index contributed by atoms with van der Waals surface area (Å²) in [6.45, 7) is 2.06. The summed E-state index contributed by atoms with van der Waals surface area (Å²) in [7, 11) is 0. The second-order valence-corrected chi connectivity index (χ2v) is 4.20. The number of hydrogen-bond acceptors (Lipinski definition) is 2. The first-order valence-corrected chi connectivity index (χ1v) is 5.75. The Hall–Kier alpha value is -1.57. The fourth-order valence-corrected chi connectivity index (χ4v) is 2.30. The van der Waals surface area contributed by atoms with Crippen LogP contribution in [0.4, 0.5) is 0 Å². The first-order valence-electron chi connectivity index (χ1n) is 5.75. The molecule has 1 N–H and O–H groups in total. The minimum absolute atomic E-state index is 0.105. The highest BCUT2D eigenvalue weighted by atomic mass is 16.3. The van der Waals surface area contributed by atoms with Crippen LogP contribution in [0.25, 0.3) is 5.76 Å². The Labute approximate surface area is 95.6 Å². The van der Waals surface area contributed by atoms with E-state index in [1.54, 1.807) is 0 Å². The number of Topliss-reactive ketones (excluding diaryl/α,β-unsaturated/α-hetero) is 1. The molecule has 0 saturated heterocycles. The molecule has 0 aliphatic heterocycles. The lowest BCUT2D eigenvalue weighted by Crippen LogP contribution is -2.04. The molecule has 1 aliphatic rings. The van der Waals surface area contributed by atoms with E-state index in [4.69, 9.17) is 0 Å². The van der Waals surface area contributed by atoms with Gasteiger partial charge in [0.05, 0.1) is 0 Å². The average molecular weight is 216 g/mol. The van der Waals surface area contributed by atoms with Gasteiger partial charge in [-0.3, -0.25) is 4.79 Å². The van der Waals surface area contributed by atoms with Crippen molar-refractivity contribution >= 4 is 11.5 Å². The molecule has 0 amide bonds. The van der Waals surface area contributed by atoms with Crippen LogP contribution < -0.4 is 0 Å². The average Bonchev–Trinajstić information content (AvgIpc) is 2.70. The SMILES string of the molecule is CC[C@H]1CCC(=O)C1=C(O)c1ccccc1. The minimum Gasteiger partial charge on any atom is -0.507 e. The molecular formula is C14H16O2. The van der Waals surface area contributed by atoms with Gasteiger partial charge in [0, 0.05) is 17.6 Å². The van der Waals surface area contributed by atoms with E-state index in [9.17, 15) is 9.90 Å². The van der Waals surface area contributed by atoms with Crippen molar-refractivity contribution < 1.29 is 9.90 Å². The monoisotopic (exact) mass is 216 g/mol. The van der Waals surface area contributed by atoms with Gasteiger partial charge in [0.15, 0.2) is 5.78 Å². The molecule has 1 fully saturated rings. The molecule has 0 spiro atoms. The quantitative estimate of drug-likeness (QED) is 0.608. The van der Waals surface area contributed by atoms with Crippen LogP contribution in [0.2, 0.25) is 0 Å². The number of ketones is 1. The van der Waals surface area contributed by atoms with Crippen molar-refractivity contribution in [2.24, 2.45) is 5.92 Å². The number of allylic oxidation sites excluding steroid dienone is 1. The summed E-state index contributed by atoms with van der Waals surface area (Å²) in [4.78, 5) is 11.7. The molecule has 0 unspecified atom stereocenters. The molecule has 1 atom stereocenters. The summed E-state index contributed by atoms with van der Waals surface area (Å²) in [6.07, 6.45) is 2.37. The van der Waals surface area contributed by atoms with Crippen LogP contribution in [0.1, 0.15) is 31.7 Å². The van der Waals surface area contributed by atoms with Gasteiger partial charge in [-0.1, -0.05) is 37.3 Å². The van der Waals surface area contributed by atoms with Gasteiger partial charge in [-0.25, -0.2) is 0 Å². The Balaban J connectivity index is 2.43. The van der Waals surface area contributed by atoms with Crippen molar-refractivity contribution in [2.75, 3.05) is 0 Å². The van der Waals surface area contributed by atoms with Gasteiger partial charge in [0.1, 0.15) is 5.76 Å². The Kier molecular flexibility index (Phi) is 3.09. The molecule has 2 heteroatoms. The Morgan fingerprint density at radius 3 is 2.69 bits per heavy atom. The van der Waals surface area contributed by atoms with Crippen LogP contribution in [-0.2, 0) is 4.79 Å². The number of aliphatic hydroxyl groups excluding tert-OH is 1. The zero-order valence-electron chi connectivity index (χ0n) is 9.44. The second kappa shape index (κ2) is 4.52. The van der Waals surface area contributed by atoms with E-state index in [-0.39, 0.29) is 17.5 Å². The van der Waals surface area contributed by atoms with Crippen LogP contribution in [-0.4, -0.2) is 10.9 Å². The minimum atomic E-state index is 0.105. The lowest BCUT2D eigenvalue weighted by Gasteiger charge is -2.10. The van der Waals surface area contributed by atoms with E-state index in [0.717, 1.165) is 18.4 Å². The van der Waals surface area contributed by atoms with Crippen LogP contribution in [0.3, 0.4) is 0 Å². The normalized spacial score (nSPS) is 23.6. The van der Waals surface area contributed by atoms with Crippen molar-refractivity contribution in [3.05, 3.63) is 41.5 Å². The number of hydrogen-bond donors (Lipinski definition) is 1.